The van der Waals surface area contributed by atoms with Gasteiger partial charge < -0.3 is 9.84 Å². The summed E-state index contributed by atoms with van der Waals surface area (Å²) in [5.74, 6) is -3.39. The van der Waals surface area contributed by atoms with E-state index in [-0.39, 0.29) is 16.0 Å². The van der Waals surface area contributed by atoms with Crippen molar-refractivity contribution < 1.29 is 32.6 Å². The van der Waals surface area contributed by atoms with Crippen molar-refractivity contribution >= 4 is 28.3 Å². The molecule has 5 nitrogen and oxygen atoms in total. The number of halogens is 3. The number of fused-ring (bicyclic) bond motifs is 1. The largest absolute Gasteiger partial charge is 0.496 e. The average molecular weight is 327 g/mol. The molecule has 2 aromatic rings. The zero-order valence-corrected chi connectivity index (χ0v) is 11.9. The van der Waals surface area contributed by atoms with Crippen LogP contribution in [0.2, 0.25) is 0 Å². The minimum atomic E-state index is -5.18. The lowest BCUT2D eigenvalue weighted by atomic mass is 10.1. The van der Waals surface area contributed by atoms with Crippen LogP contribution < -0.4 is 9.64 Å². The number of benzene rings is 2. The molecule has 0 saturated heterocycles. The predicted octanol–water partition coefficient (Wildman–Crippen LogP) is 2.83. The summed E-state index contributed by atoms with van der Waals surface area (Å²) in [6.07, 6.45) is -5.18. The lowest BCUT2D eigenvalue weighted by Gasteiger charge is -2.24. The summed E-state index contributed by atoms with van der Waals surface area (Å²) in [6.45, 7) is -1.10. The van der Waals surface area contributed by atoms with Crippen LogP contribution in [0.1, 0.15) is 0 Å². The minimum absolute atomic E-state index is 0.147. The van der Waals surface area contributed by atoms with Gasteiger partial charge in [0.2, 0.25) is 0 Å². The summed E-state index contributed by atoms with van der Waals surface area (Å²) >= 11 is 0. The van der Waals surface area contributed by atoms with Crippen LogP contribution in [-0.2, 0) is 9.59 Å². The normalized spacial score (nSPS) is 11.3. The van der Waals surface area contributed by atoms with Crippen LogP contribution in [0.3, 0.4) is 0 Å². The maximum absolute atomic E-state index is 12.8. The monoisotopic (exact) mass is 327 g/mol. The number of amides is 1. The van der Waals surface area contributed by atoms with Crippen molar-refractivity contribution in [3.63, 3.8) is 0 Å². The van der Waals surface area contributed by atoms with Crippen LogP contribution in [0.4, 0.5) is 18.9 Å². The Labute approximate surface area is 128 Å². The molecule has 0 fully saturated rings. The number of carbonyl (C=O) groups is 2. The number of rotatable bonds is 4. The smallest absolute Gasteiger partial charge is 0.471 e. The number of hydrogen-bond donors (Lipinski definition) is 1. The number of hydrogen-bond acceptors (Lipinski definition) is 3. The third-order valence-corrected chi connectivity index (χ3v) is 3.15. The highest BCUT2D eigenvalue weighted by molar-refractivity contribution is 6.08. The Morgan fingerprint density at radius 1 is 1.13 bits per heavy atom. The van der Waals surface area contributed by atoms with Crippen molar-refractivity contribution in [2.24, 2.45) is 0 Å². The highest BCUT2D eigenvalue weighted by Gasteiger charge is 2.44. The average Bonchev–Trinajstić information content (AvgIpc) is 2.50. The van der Waals surface area contributed by atoms with Gasteiger partial charge in [0.05, 0.1) is 12.8 Å². The molecule has 0 heterocycles. The molecule has 0 unspecified atom stereocenters. The van der Waals surface area contributed by atoms with Crippen molar-refractivity contribution in [1.29, 1.82) is 0 Å². The second-order valence-electron chi connectivity index (χ2n) is 4.62. The molecule has 0 aliphatic heterocycles. The second kappa shape index (κ2) is 6.15. The van der Waals surface area contributed by atoms with E-state index in [1.165, 1.54) is 25.3 Å². The molecular weight excluding hydrogens is 315 g/mol. The molecule has 1 amide bonds. The number of nitrogens with zero attached hydrogens (tertiary/aromatic N) is 1. The third kappa shape index (κ3) is 3.36. The summed E-state index contributed by atoms with van der Waals surface area (Å²) in [5.41, 5.74) is -0.147. The molecule has 8 heteroatoms. The molecule has 1 N–H and O–H groups in total. The molecule has 23 heavy (non-hydrogen) atoms. The zero-order chi connectivity index (χ0) is 17.2. The van der Waals surface area contributed by atoms with E-state index in [0.29, 0.717) is 11.1 Å². The molecule has 0 spiro atoms. The molecule has 0 atom stereocenters. The van der Waals surface area contributed by atoms with Gasteiger partial charge in [-0.1, -0.05) is 24.3 Å². The van der Waals surface area contributed by atoms with Crippen LogP contribution >= 0.6 is 0 Å². The van der Waals surface area contributed by atoms with Gasteiger partial charge in [0.25, 0.3) is 0 Å². The van der Waals surface area contributed by atoms with E-state index >= 15 is 0 Å². The summed E-state index contributed by atoms with van der Waals surface area (Å²) in [6, 6.07) is 8.94. The van der Waals surface area contributed by atoms with Crippen molar-refractivity contribution in [2.45, 2.75) is 6.18 Å². The van der Waals surface area contributed by atoms with Crippen molar-refractivity contribution in [2.75, 3.05) is 18.6 Å². The SMILES string of the molecule is COc1ccc(N(CC(=O)O)C(=O)C(F)(F)F)c2ccccc12. The number of carboxylic acids is 1. The number of alkyl halides is 3. The van der Waals surface area contributed by atoms with E-state index in [1.807, 2.05) is 0 Å². The number of methoxy groups -OCH3 is 1. The Kier molecular flexibility index (Phi) is 4.44. The Bertz CT molecular complexity index is 758. The first kappa shape index (κ1) is 16.6. The van der Waals surface area contributed by atoms with E-state index in [4.69, 9.17) is 9.84 Å². The highest BCUT2D eigenvalue weighted by atomic mass is 19.4. The fraction of sp³-hybridized carbons (Fsp3) is 0.200. The Morgan fingerprint density at radius 3 is 2.26 bits per heavy atom. The number of ether oxygens (including phenoxy) is 1. The van der Waals surface area contributed by atoms with Gasteiger partial charge in [-0.05, 0) is 12.1 Å². The van der Waals surface area contributed by atoms with E-state index < -0.39 is 24.6 Å². The maximum atomic E-state index is 12.8. The molecule has 0 aromatic heterocycles. The maximum Gasteiger partial charge on any atom is 0.471 e. The van der Waals surface area contributed by atoms with Crippen molar-refractivity contribution in [3.05, 3.63) is 36.4 Å². The first-order valence-electron chi connectivity index (χ1n) is 6.42. The van der Waals surface area contributed by atoms with Gasteiger partial charge in [0, 0.05) is 10.8 Å². The van der Waals surface area contributed by atoms with Gasteiger partial charge in [0.1, 0.15) is 12.3 Å². The topological polar surface area (TPSA) is 66.8 Å². The molecule has 2 aromatic carbocycles. The third-order valence-electron chi connectivity index (χ3n) is 3.15. The molecule has 122 valence electrons. The van der Waals surface area contributed by atoms with Gasteiger partial charge in [-0.3, -0.25) is 14.5 Å². The molecule has 0 aliphatic carbocycles. The van der Waals surface area contributed by atoms with E-state index in [9.17, 15) is 22.8 Å². The highest BCUT2D eigenvalue weighted by Crippen LogP contribution is 2.35. The van der Waals surface area contributed by atoms with Gasteiger partial charge in [-0.25, -0.2) is 0 Å². The quantitative estimate of drug-likeness (QED) is 0.938. The predicted molar refractivity (Wildman–Crippen MR) is 76.5 cm³/mol. The summed E-state index contributed by atoms with van der Waals surface area (Å²) in [7, 11) is 1.40. The zero-order valence-electron chi connectivity index (χ0n) is 11.9. The van der Waals surface area contributed by atoms with Crippen LogP contribution in [0.25, 0.3) is 10.8 Å². The van der Waals surface area contributed by atoms with Crippen LogP contribution in [0, 0.1) is 0 Å². The van der Waals surface area contributed by atoms with E-state index in [1.54, 1.807) is 18.2 Å². The van der Waals surface area contributed by atoms with Crippen molar-refractivity contribution in [3.8, 4) is 5.75 Å². The van der Waals surface area contributed by atoms with Gasteiger partial charge >= 0.3 is 18.1 Å². The minimum Gasteiger partial charge on any atom is -0.496 e. The number of carboxylic acid groups (broad SMARTS) is 1. The molecule has 2 rings (SSSR count). The number of anilines is 1. The van der Waals surface area contributed by atoms with Gasteiger partial charge in [-0.2, -0.15) is 13.2 Å². The lowest BCUT2D eigenvalue weighted by molar-refractivity contribution is -0.170. The summed E-state index contributed by atoms with van der Waals surface area (Å²) < 4.78 is 43.4. The Hall–Kier alpha value is -2.77. The van der Waals surface area contributed by atoms with Gasteiger partial charge in [0.15, 0.2) is 0 Å². The van der Waals surface area contributed by atoms with E-state index in [0.717, 1.165) is 0 Å². The molecule has 0 radical (unpaired) electrons. The standard InChI is InChI=1S/C15H12F3NO4/c1-23-12-7-6-11(9-4-2-3-5-10(9)12)19(8-13(20)21)14(22)15(16,17)18/h2-7H,8H2,1H3,(H,20,21). The molecular formula is C15H12F3NO4. The summed E-state index contributed by atoms with van der Waals surface area (Å²) in [4.78, 5) is 22.7. The van der Waals surface area contributed by atoms with Crippen LogP contribution in [-0.4, -0.2) is 36.8 Å². The fourth-order valence-corrected chi connectivity index (χ4v) is 2.22. The Morgan fingerprint density at radius 2 is 1.74 bits per heavy atom. The van der Waals surface area contributed by atoms with Gasteiger partial charge in [-0.15, -0.1) is 0 Å². The molecule has 0 bridgehead atoms. The fourth-order valence-electron chi connectivity index (χ4n) is 2.22. The van der Waals surface area contributed by atoms with Crippen molar-refractivity contribution in [1.82, 2.24) is 0 Å². The second-order valence-corrected chi connectivity index (χ2v) is 4.62. The molecule has 0 aliphatic rings. The first-order chi connectivity index (χ1) is 10.8. The van der Waals surface area contributed by atoms with Crippen LogP contribution in [0.5, 0.6) is 5.75 Å². The van der Waals surface area contributed by atoms with Crippen LogP contribution in [0.15, 0.2) is 36.4 Å². The Balaban J connectivity index is 2.66. The number of aliphatic carboxylic acids is 1. The first-order valence-corrected chi connectivity index (χ1v) is 6.42. The summed E-state index contributed by atoms with van der Waals surface area (Å²) in [5, 5.41) is 9.60. The van der Waals surface area contributed by atoms with E-state index in [2.05, 4.69) is 0 Å². The lowest BCUT2D eigenvalue weighted by Crippen LogP contribution is -2.44. The molecule has 0 saturated carbocycles. The number of carbonyl (C=O) groups excluding carboxylic acids is 1.